The number of esters is 1. The Bertz CT molecular complexity index is 889. The fraction of sp³-hybridized carbons (Fsp3) is 0.880. The van der Waals surface area contributed by atoms with Crippen molar-refractivity contribution in [2.45, 2.75) is 277 Å². The third-order valence-corrected chi connectivity index (χ3v) is 11.3. The summed E-state index contributed by atoms with van der Waals surface area (Å²) in [5, 5.41) is 23.7. The highest BCUT2D eigenvalue weighted by molar-refractivity contribution is 5.77. The molecule has 0 aliphatic carbocycles. The second-order valence-corrected chi connectivity index (χ2v) is 16.9. The van der Waals surface area contributed by atoms with Crippen LogP contribution in [0.3, 0.4) is 0 Å². The van der Waals surface area contributed by atoms with Crippen molar-refractivity contribution in [3.05, 3.63) is 24.3 Å². The SMILES string of the molecule is CCCCC/C=C\CCCCCCCC(=O)OC(CCCCCCC/C=C/CCCCCCCC)CC(=O)NC(CO)C(O)CCCCCCCCCCCC. The maximum absolute atomic E-state index is 13.1. The van der Waals surface area contributed by atoms with Crippen molar-refractivity contribution in [2.24, 2.45) is 0 Å². The van der Waals surface area contributed by atoms with Gasteiger partial charge in [0.05, 0.1) is 25.2 Å². The molecule has 0 aliphatic heterocycles. The average molecular weight is 790 g/mol. The van der Waals surface area contributed by atoms with Crippen molar-refractivity contribution >= 4 is 11.9 Å². The predicted molar refractivity (Wildman–Crippen MR) is 241 cm³/mol. The summed E-state index contributed by atoms with van der Waals surface area (Å²) in [5.74, 6) is -0.485. The molecule has 0 aliphatic rings. The maximum atomic E-state index is 13.1. The summed E-state index contributed by atoms with van der Waals surface area (Å²) in [5.41, 5.74) is 0. The summed E-state index contributed by atoms with van der Waals surface area (Å²) in [6.45, 7) is 6.44. The molecule has 0 saturated heterocycles. The lowest BCUT2D eigenvalue weighted by Gasteiger charge is -2.24. The molecule has 0 spiro atoms. The van der Waals surface area contributed by atoms with Crippen LogP contribution in [0.2, 0.25) is 0 Å². The first-order chi connectivity index (χ1) is 27.5. The van der Waals surface area contributed by atoms with E-state index < -0.39 is 18.2 Å². The van der Waals surface area contributed by atoms with E-state index in [2.05, 4.69) is 50.4 Å². The highest BCUT2D eigenvalue weighted by Gasteiger charge is 2.24. The first-order valence-electron chi connectivity index (χ1n) is 24.6. The molecule has 0 aromatic rings. The van der Waals surface area contributed by atoms with Gasteiger partial charge in [-0.05, 0) is 77.0 Å². The number of aliphatic hydroxyl groups excluding tert-OH is 2. The Labute approximate surface area is 348 Å². The molecule has 0 radical (unpaired) electrons. The first kappa shape index (κ1) is 54.3. The number of hydrogen-bond acceptors (Lipinski definition) is 5. The fourth-order valence-electron chi connectivity index (χ4n) is 7.48. The molecule has 6 heteroatoms. The van der Waals surface area contributed by atoms with Crippen molar-refractivity contribution in [1.82, 2.24) is 5.32 Å². The van der Waals surface area contributed by atoms with Crippen LogP contribution in [0, 0.1) is 0 Å². The van der Waals surface area contributed by atoms with Crippen molar-refractivity contribution in [2.75, 3.05) is 6.61 Å². The number of hydrogen-bond donors (Lipinski definition) is 3. The van der Waals surface area contributed by atoms with Crippen molar-refractivity contribution in [3.63, 3.8) is 0 Å². The average Bonchev–Trinajstić information content (AvgIpc) is 3.19. The van der Waals surface area contributed by atoms with Gasteiger partial charge in [-0.3, -0.25) is 9.59 Å². The molecule has 0 aromatic carbocycles. The standard InChI is InChI=1S/C50H95NO5/c1-4-7-10-13-16-19-22-24-25-26-27-29-32-35-38-41-46(56-50(55)43-40-37-34-31-28-23-20-17-14-11-8-5-2)44-49(54)51-47(45-52)48(53)42-39-36-33-30-21-18-15-12-9-6-3/h17,20,24-25,46-48,52-53H,4-16,18-19,21-23,26-45H2,1-3H3,(H,51,54)/b20-17-,25-24+. The summed E-state index contributed by atoms with van der Waals surface area (Å²) in [6, 6.07) is -0.700. The summed E-state index contributed by atoms with van der Waals surface area (Å²) in [4.78, 5) is 26.0. The Morgan fingerprint density at radius 1 is 0.500 bits per heavy atom. The summed E-state index contributed by atoms with van der Waals surface area (Å²) in [7, 11) is 0. The molecule has 0 saturated carbocycles. The second-order valence-electron chi connectivity index (χ2n) is 16.9. The van der Waals surface area contributed by atoms with Crippen LogP contribution in [-0.4, -0.2) is 46.9 Å². The lowest BCUT2D eigenvalue weighted by atomic mass is 10.0. The van der Waals surface area contributed by atoms with Gasteiger partial charge in [-0.25, -0.2) is 0 Å². The molecular weight excluding hydrogens is 695 g/mol. The van der Waals surface area contributed by atoms with E-state index in [1.165, 1.54) is 141 Å². The molecule has 0 rings (SSSR count). The van der Waals surface area contributed by atoms with Crippen LogP contribution in [0.15, 0.2) is 24.3 Å². The number of carbonyl (C=O) groups is 2. The first-order valence-corrected chi connectivity index (χ1v) is 24.6. The van der Waals surface area contributed by atoms with E-state index in [0.29, 0.717) is 19.3 Å². The Morgan fingerprint density at radius 3 is 1.30 bits per heavy atom. The summed E-state index contributed by atoms with van der Waals surface area (Å²) < 4.78 is 5.91. The van der Waals surface area contributed by atoms with Gasteiger partial charge in [-0.2, -0.15) is 0 Å². The highest BCUT2D eigenvalue weighted by atomic mass is 16.5. The largest absolute Gasteiger partial charge is 0.462 e. The van der Waals surface area contributed by atoms with E-state index in [1.807, 2.05) is 0 Å². The summed E-state index contributed by atoms with van der Waals surface area (Å²) in [6.07, 6.45) is 49.5. The fourth-order valence-corrected chi connectivity index (χ4v) is 7.48. The van der Waals surface area contributed by atoms with Gasteiger partial charge in [0.2, 0.25) is 5.91 Å². The predicted octanol–water partition coefficient (Wildman–Crippen LogP) is 14.3. The van der Waals surface area contributed by atoms with E-state index in [4.69, 9.17) is 4.74 Å². The minimum atomic E-state index is -0.786. The van der Waals surface area contributed by atoms with Crippen LogP contribution >= 0.6 is 0 Å². The van der Waals surface area contributed by atoms with Crippen LogP contribution in [0.1, 0.15) is 258 Å². The molecular formula is C50H95NO5. The molecule has 0 heterocycles. The van der Waals surface area contributed by atoms with Crippen LogP contribution < -0.4 is 5.32 Å². The minimum absolute atomic E-state index is 0.0720. The molecule has 0 bridgehead atoms. The third kappa shape index (κ3) is 39.2. The van der Waals surface area contributed by atoms with Gasteiger partial charge in [-0.1, -0.05) is 193 Å². The zero-order valence-electron chi connectivity index (χ0n) is 37.5. The van der Waals surface area contributed by atoms with E-state index in [0.717, 1.165) is 70.6 Å². The molecule has 56 heavy (non-hydrogen) atoms. The van der Waals surface area contributed by atoms with Gasteiger partial charge in [0.25, 0.3) is 0 Å². The van der Waals surface area contributed by atoms with Gasteiger partial charge < -0.3 is 20.3 Å². The van der Waals surface area contributed by atoms with Crippen LogP contribution in [-0.2, 0) is 14.3 Å². The number of carbonyl (C=O) groups excluding carboxylic acids is 2. The molecule has 330 valence electrons. The van der Waals surface area contributed by atoms with E-state index in [9.17, 15) is 19.8 Å². The van der Waals surface area contributed by atoms with Gasteiger partial charge >= 0.3 is 5.97 Å². The molecule has 0 fully saturated rings. The summed E-state index contributed by atoms with van der Waals surface area (Å²) >= 11 is 0. The molecule has 1 amide bonds. The number of nitrogens with one attached hydrogen (secondary N) is 1. The number of amides is 1. The van der Waals surface area contributed by atoms with E-state index >= 15 is 0 Å². The number of allylic oxidation sites excluding steroid dienone is 4. The van der Waals surface area contributed by atoms with Crippen LogP contribution in [0.25, 0.3) is 0 Å². The smallest absolute Gasteiger partial charge is 0.306 e. The van der Waals surface area contributed by atoms with Gasteiger partial charge in [0, 0.05) is 6.42 Å². The molecule has 3 N–H and O–H groups in total. The normalized spacial score (nSPS) is 13.4. The van der Waals surface area contributed by atoms with Crippen molar-refractivity contribution in [1.29, 1.82) is 0 Å². The highest BCUT2D eigenvalue weighted by Crippen LogP contribution is 2.17. The second kappa shape index (κ2) is 44.4. The lowest BCUT2D eigenvalue weighted by Crippen LogP contribution is -2.46. The molecule has 6 nitrogen and oxygen atoms in total. The minimum Gasteiger partial charge on any atom is -0.462 e. The Morgan fingerprint density at radius 2 is 0.857 bits per heavy atom. The Hall–Kier alpha value is -1.66. The number of aliphatic hydroxyl groups is 2. The lowest BCUT2D eigenvalue weighted by molar-refractivity contribution is -0.151. The number of rotatable bonds is 44. The van der Waals surface area contributed by atoms with Gasteiger partial charge in [0.15, 0.2) is 0 Å². The van der Waals surface area contributed by atoms with Crippen molar-refractivity contribution < 1.29 is 24.5 Å². The number of ether oxygens (including phenoxy) is 1. The molecule has 3 unspecified atom stereocenters. The van der Waals surface area contributed by atoms with Crippen molar-refractivity contribution in [3.8, 4) is 0 Å². The Balaban J connectivity index is 4.60. The molecule has 3 atom stereocenters. The van der Waals surface area contributed by atoms with Gasteiger partial charge in [-0.15, -0.1) is 0 Å². The van der Waals surface area contributed by atoms with Crippen LogP contribution in [0.4, 0.5) is 0 Å². The zero-order valence-corrected chi connectivity index (χ0v) is 37.5. The quantitative estimate of drug-likeness (QED) is 0.0324. The Kier molecular flexibility index (Phi) is 43.1. The third-order valence-electron chi connectivity index (χ3n) is 11.3. The number of unbranched alkanes of at least 4 members (excludes halogenated alkanes) is 28. The van der Waals surface area contributed by atoms with E-state index in [1.54, 1.807) is 0 Å². The van der Waals surface area contributed by atoms with E-state index in [-0.39, 0.29) is 24.9 Å². The molecule has 0 aromatic heterocycles. The topological polar surface area (TPSA) is 95.9 Å². The monoisotopic (exact) mass is 790 g/mol. The maximum Gasteiger partial charge on any atom is 0.306 e. The zero-order chi connectivity index (χ0) is 41.0. The van der Waals surface area contributed by atoms with Gasteiger partial charge in [0.1, 0.15) is 6.10 Å². The van der Waals surface area contributed by atoms with Crippen LogP contribution in [0.5, 0.6) is 0 Å².